The molecule has 76 valence electrons. The number of rotatable bonds is 3. The first-order chi connectivity index (χ1) is 6.03. The second kappa shape index (κ2) is 2.95. The van der Waals surface area contributed by atoms with E-state index in [2.05, 4.69) is 12.6 Å². The molecule has 2 bridgehead atoms. The molecule has 0 aromatic heterocycles. The molecular weight excluding hydrogens is 213 g/mol. The normalized spacial score (nSPS) is 48.2. The number of hydrogen-bond acceptors (Lipinski definition) is 6. The Bertz CT molecular complexity index is 259. The molecule has 0 saturated carbocycles. The Hall–Kier alpha value is 0.420. The molecule has 0 N–H and O–H groups in total. The zero-order valence-electron chi connectivity index (χ0n) is 7.47. The maximum atomic E-state index is 11.3. The largest absolute Gasteiger partial charge is 0.483 e. The van der Waals surface area contributed by atoms with E-state index in [1.165, 1.54) is 0 Å². The fourth-order valence-corrected chi connectivity index (χ4v) is 3.84. The van der Waals surface area contributed by atoms with Crippen LogP contribution in [0.4, 0.5) is 0 Å². The second-order valence-corrected chi connectivity index (χ2v) is 5.03. The summed E-state index contributed by atoms with van der Waals surface area (Å²) < 4.78 is 26.3. The van der Waals surface area contributed by atoms with Gasteiger partial charge < -0.3 is 0 Å². The van der Waals surface area contributed by atoms with Crippen molar-refractivity contribution in [2.45, 2.75) is 25.2 Å². The first kappa shape index (κ1) is 9.96. The van der Waals surface area contributed by atoms with E-state index in [0.717, 1.165) is 13.1 Å². The van der Waals surface area contributed by atoms with E-state index < -0.39 is 19.2 Å². The quantitative estimate of drug-likeness (QED) is 0.581. The highest BCUT2D eigenvalue weighted by atomic mass is 32.1. The van der Waals surface area contributed by atoms with Gasteiger partial charge in [0.15, 0.2) is 6.23 Å². The summed E-state index contributed by atoms with van der Waals surface area (Å²) in [4.78, 5) is 1.94. The van der Waals surface area contributed by atoms with Crippen molar-refractivity contribution in [3.63, 3.8) is 0 Å². The number of thiol groups is 1. The minimum absolute atomic E-state index is 0.461. The van der Waals surface area contributed by atoms with Crippen LogP contribution in [0, 0.1) is 0 Å². The van der Waals surface area contributed by atoms with Gasteiger partial charge in [0.05, 0.1) is 0 Å². The van der Waals surface area contributed by atoms with Crippen LogP contribution in [0.25, 0.3) is 0 Å². The minimum atomic E-state index is -3.22. The topological polar surface area (TPSA) is 48.0 Å². The van der Waals surface area contributed by atoms with Gasteiger partial charge in [0.1, 0.15) is 0 Å². The van der Waals surface area contributed by atoms with Crippen LogP contribution < -0.4 is 0 Å². The summed E-state index contributed by atoms with van der Waals surface area (Å²) >= 11 is 4.13. The van der Waals surface area contributed by atoms with E-state index in [9.17, 15) is 4.57 Å². The maximum Gasteiger partial charge on any atom is 0.483 e. The van der Waals surface area contributed by atoms with Crippen molar-refractivity contribution in [2.24, 2.45) is 0 Å². The predicted molar refractivity (Wildman–Crippen MR) is 49.3 cm³/mol. The number of hydrogen-bond donors (Lipinski definition) is 1. The summed E-state index contributed by atoms with van der Waals surface area (Å²) in [5.41, 5.74) is 0. The van der Waals surface area contributed by atoms with E-state index >= 15 is 0 Å². The van der Waals surface area contributed by atoms with Crippen molar-refractivity contribution in [3.8, 4) is 0 Å². The predicted octanol–water partition coefficient (Wildman–Crippen LogP) is 1.42. The van der Waals surface area contributed by atoms with Gasteiger partial charge in [0, 0.05) is 0 Å². The highest BCUT2D eigenvalue weighted by Gasteiger charge is 2.71. The highest BCUT2D eigenvalue weighted by molar-refractivity contribution is 7.82. The fourth-order valence-electron chi connectivity index (χ4n) is 1.50. The lowest BCUT2D eigenvalue weighted by Gasteiger charge is -2.34. The monoisotopic (exact) mass is 225 g/mol. The van der Waals surface area contributed by atoms with Gasteiger partial charge >= 0.3 is 7.82 Å². The van der Waals surface area contributed by atoms with Gasteiger partial charge in [-0.1, -0.05) is 13.8 Å². The molecule has 13 heavy (non-hydrogen) atoms. The molecule has 0 spiro atoms. The van der Waals surface area contributed by atoms with E-state index in [0.29, 0.717) is 0 Å². The number of likely N-dealkylation sites (N-methyl/N-ethyl adjacent to an activating group) is 1. The zero-order chi connectivity index (χ0) is 9.69. The first-order valence-corrected chi connectivity index (χ1v) is 6.10. The van der Waals surface area contributed by atoms with Crippen molar-refractivity contribution in [1.82, 2.24) is 4.90 Å². The molecule has 3 saturated heterocycles. The Kier molecular flexibility index (Phi) is 2.26. The summed E-state index contributed by atoms with van der Waals surface area (Å²) in [5, 5.41) is -1.12. The molecule has 3 aliphatic heterocycles. The highest BCUT2D eigenvalue weighted by Crippen LogP contribution is 2.75. The van der Waals surface area contributed by atoms with E-state index in [-0.39, 0.29) is 0 Å². The molecule has 1 unspecified atom stereocenters. The zero-order valence-corrected chi connectivity index (χ0v) is 9.26. The van der Waals surface area contributed by atoms with Gasteiger partial charge in [-0.05, 0) is 13.1 Å². The van der Waals surface area contributed by atoms with Gasteiger partial charge in [0.2, 0.25) is 0 Å². The number of phosphoric acid groups is 1. The number of fused-ring (bicyclic) bond motifs is 1. The molecule has 0 aromatic rings. The van der Waals surface area contributed by atoms with Gasteiger partial charge in [-0.2, -0.15) is 0 Å². The molecular formula is C6H12NO4PS. The molecule has 3 fully saturated rings. The molecule has 0 aliphatic carbocycles. The van der Waals surface area contributed by atoms with Gasteiger partial charge in [-0.15, -0.1) is 12.6 Å². The van der Waals surface area contributed by atoms with E-state index in [4.69, 9.17) is 13.6 Å². The van der Waals surface area contributed by atoms with Crippen molar-refractivity contribution in [3.05, 3.63) is 0 Å². The molecule has 0 radical (unpaired) electrons. The van der Waals surface area contributed by atoms with Gasteiger partial charge in [-0.3, -0.25) is 9.42 Å². The SMILES string of the molecule is CCN(CC)C1OP2(=O)OC1(S)O2. The molecule has 0 aromatic carbocycles. The van der Waals surface area contributed by atoms with Crippen LogP contribution >= 0.6 is 20.5 Å². The lowest BCUT2D eigenvalue weighted by atomic mass is 10.4. The van der Waals surface area contributed by atoms with Crippen LogP contribution in [0.5, 0.6) is 0 Å². The lowest BCUT2D eigenvalue weighted by molar-refractivity contribution is -0.135. The molecule has 3 heterocycles. The van der Waals surface area contributed by atoms with Crippen LogP contribution in [-0.4, -0.2) is 29.3 Å². The summed E-state index contributed by atoms with van der Waals surface area (Å²) in [6, 6.07) is 0. The van der Waals surface area contributed by atoms with E-state index in [1.54, 1.807) is 0 Å². The average Bonchev–Trinajstić information content (AvgIpc) is 2.38. The first-order valence-electron chi connectivity index (χ1n) is 4.19. The van der Waals surface area contributed by atoms with Crippen LogP contribution in [0.3, 0.4) is 0 Å². The summed E-state index contributed by atoms with van der Waals surface area (Å²) in [6.07, 6.45) is -0.461. The fraction of sp³-hybridized carbons (Fsp3) is 1.00. The maximum absolute atomic E-state index is 11.3. The Morgan fingerprint density at radius 2 is 2.00 bits per heavy atom. The number of phosphoric ester groups is 1. The summed E-state index contributed by atoms with van der Waals surface area (Å²) in [7, 11) is -3.22. The third-order valence-corrected chi connectivity index (χ3v) is 4.31. The Morgan fingerprint density at radius 1 is 1.46 bits per heavy atom. The Balaban J connectivity index is 2.14. The van der Waals surface area contributed by atoms with Crippen LogP contribution in [0.1, 0.15) is 13.8 Å². The molecule has 3 aliphatic rings. The molecule has 3 rings (SSSR count). The van der Waals surface area contributed by atoms with Gasteiger partial charge in [-0.25, -0.2) is 13.6 Å². The Morgan fingerprint density at radius 3 is 2.31 bits per heavy atom. The van der Waals surface area contributed by atoms with Crippen molar-refractivity contribution < 1.29 is 18.1 Å². The minimum Gasteiger partial charge on any atom is -0.273 e. The summed E-state index contributed by atoms with van der Waals surface area (Å²) in [5.74, 6) is 0. The molecule has 5 nitrogen and oxygen atoms in total. The summed E-state index contributed by atoms with van der Waals surface area (Å²) in [6.45, 7) is 5.51. The van der Waals surface area contributed by atoms with Crippen LogP contribution in [-0.2, 0) is 18.1 Å². The smallest absolute Gasteiger partial charge is 0.273 e. The van der Waals surface area contributed by atoms with Crippen molar-refractivity contribution >= 4 is 20.5 Å². The van der Waals surface area contributed by atoms with Crippen molar-refractivity contribution in [1.29, 1.82) is 0 Å². The van der Waals surface area contributed by atoms with Gasteiger partial charge in [0.25, 0.3) is 5.12 Å². The number of nitrogens with zero attached hydrogens (tertiary/aromatic N) is 1. The van der Waals surface area contributed by atoms with Crippen LogP contribution in [0.15, 0.2) is 0 Å². The standard InChI is InChI=1S/C6H12NO4PS/c1-3-7(4-2)5-6(13)10-12(8,9-5)11-6/h5,13H,3-4H2,1-2H3. The average molecular weight is 225 g/mol. The second-order valence-electron chi connectivity index (χ2n) is 2.94. The Labute approximate surface area is 82.4 Å². The molecule has 1 atom stereocenters. The third-order valence-electron chi connectivity index (χ3n) is 2.17. The van der Waals surface area contributed by atoms with Crippen LogP contribution in [0.2, 0.25) is 0 Å². The lowest BCUT2D eigenvalue weighted by Crippen LogP contribution is -2.48. The molecule has 7 heteroatoms. The molecule has 0 amide bonds. The third kappa shape index (κ3) is 1.37. The van der Waals surface area contributed by atoms with Crippen molar-refractivity contribution in [2.75, 3.05) is 13.1 Å². The van der Waals surface area contributed by atoms with E-state index in [1.807, 2.05) is 18.7 Å².